The summed E-state index contributed by atoms with van der Waals surface area (Å²) in [4.78, 5) is 0. The maximum absolute atomic E-state index is 5.54. The molecule has 0 aliphatic carbocycles. The normalized spacial score (nSPS) is 10.8. The minimum Gasteiger partial charge on any atom is -0.497 e. The number of ether oxygens (including phenoxy) is 2. The van der Waals surface area contributed by atoms with Crippen molar-refractivity contribution >= 4 is 10.9 Å². The van der Waals surface area contributed by atoms with Crippen molar-refractivity contribution in [3.8, 4) is 11.5 Å². The van der Waals surface area contributed by atoms with E-state index in [1.807, 2.05) is 12.1 Å². The third kappa shape index (κ3) is 2.22. The highest BCUT2D eigenvalue weighted by molar-refractivity contribution is 5.87. The molecular weight excluding hydrogens is 216 g/mol. The lowest BCUT2D eigenvalue weighted by Gasteiger charge is -2.10. The van der Waals surface area contributed by atoms with Crippen molar-refractivity contribution in [1.82, 2.24) is 4.57 Å². The Morgan fingerprint density at radius 1 is 1.24 bits per heavy atom. The second-order valence-electron chi connectivity index (χ2n) is 3.92. The molecule has 0 fully saturated rings. The first-order valence-corrected chi connectivity index (χ1v) is 5.71. The molecule has 0 aliphatic heterocycles. The Kier molecular flexibility index (Phi) is 3.54. The van der Waals surface area contributed by atoms with Crippen LogP contribution in [0, 0.1) is 0 Å². The highest BCUT2D eigenvalue weighted by Gasteiger charge is 2.09. The zero-order chi connectivity index (χ0) is 12.3. The molecule has 2 rings (SSSR count). The molecule has 0 aliphatic rings. The fraction of sp³-hybridized carbons (Fsp3) is 0.385. The van der Waals surface area contributed by atoms with Crippen LogP contribution in [0.25, 0.3) is 10.9 Å². The average molecular weight is 234 g/mol. The van der Waals surface area contributed by atoms with Crippen molar-refractivity contribution < 1.29 is 9.47 Å². The largest absolute Gasteiger partial charge is 0.497 e. The molecule has 1 aromatic heterocycles. The van der Waals surface area contributed by atoms with E-state index in [9.17, 15) is 0 Å². The predicted molar refractivity (Wildman–Crippen MR) is 68.7 cm³/mol. The van der Waals surface area contributed by atoms with Gasteiger partial charge in [-0.3, -0.25) is 0 Å². The van der Waals surface area contributed by atoms with E-state index >= 15 is 0 Å². The molecular formula is C13H18N2O2. The molecule has 2 aromatic rings. The van der Waals surface area contributed by atoms with Gasteiger partial charge in [-0.1, -0.05) is 0 Å². The van der Waals surface area contributed by atoms with E-state index in [1.165, 1.54) is 0 Å². The smallest absolute Gasteiger partial charge is 0.146 e. The van der Waals surface area contributed by atoms with Crippen LogP contribution < -0.4 is 15.2 Å². The van der Waals surface area contributed by atoms with E-state index in [4.69, 9.17) is 15.2 Å². The van der Waals surface area contributed by atoms with Crippen LogP contribution in [0.3, 0.4) is 0 Å². The van der Waals surface area contributed by atoms with E-state index in [0.717, 1.165) is 35.4 Å². The minimum absolute atomic E-state index is 0.693. The van der Waals surface area contributed by atoms with Gasteiger partial charge in [0.1, 0.15) is 11.5 Å². The van der Waals surface area contributed by atoms with Gasteiger partial charge in [0.05, 0.1) is 19.7 Å². The van der Waals surface area contributed by atoms with Gasteiger partial charge in [-0.15, -0.1) is 0 Å². The summed E-state index contributed by atoms with van der Waals surface area (Å²) in [5, 5.41) is 1.12. The van der Waals surface area contributed by atoms with Crippen LogP contribution in [0.5, 0.6) is 11.5 Å². The third-order valence-electron chi connectivity index (χ3n) is 2.86. The van der Waals surface area contributed by atoms with Crippen molar-refractivity contribution in [2.45, 2.75) is 13.0 Å². The van der Waals surface area contributed by atoms with Crippen molar-refractivity contribution in [1.29, 1.82) is 0 Å². The fourth-order valence-corrected chi connectivity index (χ4v) is 2.00. The van der Waals surface area contributed by atoms with Crippen LogP contribution in [0.2, 0.25) is 0 Å². The molecule has 0 bridgehead atoms. The van der Waals surface area contributed by atoms with Gasteiger partial charge in [-0.05, 0) is 25.1 Å². The molecule has 92 valence electrons. The summed E-state index contributed by atoms with van der Waals surface area (Å²) in [5.41, 5.74) is 6.64. The predicted octanol–water partition coefficient (Wildman–Crippen LogP) is 2.01. The Labute approximate surface area is 101 Å². The van der Waals surface area contributed by atoms with Crippen LogP contribution in [-0.2, 0) is 6.54 Å². The van der Waals surface area contributed by atoms with Crippen LogP contribution in [0.1, 0.15) is 6.42 Å². The molecule has 0 spiro atoms. The van der Waals surface area contributed by atoms with Crippen molar-refractivity contribution in [3.63, 3.8) is 0 Å². The Morgan fingerprint density at radius 2 is 2.06 bits per heavy atom. The third-order valence-corrected chi connectivity index (χ3v) is 2.86. The quantitative estimate of drug-likeness (QED) is 0.861. The van der Waals surface area contributed by atoms with Gasteiger partial charge in [0.15, 0.2) is 0 Å². The molecule has 0 radical (unpaired) electrons. The topological polar surface area (TPSA) is 49.4 Å². The second kappa shape index (κ2) is 5.10. The molecule has 2 N–H and O–H groups in total. The van der Waals surface area contributed by atoms with Crippen LogP contribution in [0.15, 0.2) is 24.4 Å². The standard InChI is InChI=1S/C13H18N2O2/c1-16-11-8-10-4-7-15(6-3-5-14)13(10)12(9-11)17-2/h4,7-9H,3,5-6,14H2,1-2H3. The average Bonchev–Trinajstić information content (AvgIpc) is 2.78. The Hall–Kier alpha value is -1.68. The molecule has 0 amide bonds. The molecule has 4 heteroatoms. The summed E-state index contributed by atoms with van der Waals surface area (Å²) in [7, 11) is 3.33. The zero-order valence-corrected chi connectivity index (χ0v) is 10.3. The summed E-state index contributed by atoms with van der Waals surface area (Å²) in [5.74, 6) is 1.65. The first-order valence-electron chi connectivity index (χ1n) is 5.71. The van der Waals surface area contributed by atoms with Crippen molar-refractivity contribution in [3.05, 3.63) is 24.4 Å². The lowest BCUT2D eigenvalue weighted by Crippen LogP contribution is -2.05. The monoisotopic (exact) mass is 234 g/mol. The van der Waals surface area contributed by atoms with Crippen molar-refractivity contribution in [2.24, 2.45) is 5.73 Å². The number of fused-ring (bicyclic) bond motifs is 1. The zero-order valence-electron chi connectivity index (χ0n) is 10.3. The first kappa shape index (κ1) is 11.8. The molecule has 0 saturated heterocycles. The molecule has 4 nitrogen and oxygen atoms in total. The number of hydrogen-bond donors (Lipinski definition) is 1. The number of nitrogens with zero attached hydrogens (tertiary/aromatic N) is 1. The van der Waals surface area contributed by atoms with Crippen molar-refractivity contribution in [2.75, 3.05) is 20.8 Å². The number of benzene rings is 1. The molecule has 0 saturated carbocycles. The summed E-state index contributed by atoms with van der Waals surface area (Å²) < 4.78 is 12.8. The summed E-state index contributed by atoms with van der Waals surface area (Å²) in [6.45, 7) is 1.60. The van der Waals surface area contributed by atoms with Crippen LogP contribution >= 0.6 is 0 Å². The van der Waals surface area contributed by atoms with Gasteiger partial charge in [0.25, 0.3) is 0 Å². The summed E-state index contributed by atoms with van der Waals surface area (Å²) in [6, 6.07) is 5.98. The number of aryl methyl sites for hydroxylation is 1. The van der Waals surface area contributed by atoms with Crippen LogP contribution in [-0.4, -0.2) is 25.3 Å². The Balaban J connectivity index is 2.50. The number of methoxy groups -OCH3 is 2. The van der Waals surface area contributed by atoms with E-state index in [0.29, 0.717) is 6.54 Å². The van der Waals surface area contributed by atoms with E-state index < -0.39 is 0 Å². The maximum atomic E-state index is 5.54. The number of nitrogens with two attached hydrogens (primary N) is 1. The Morgan fingerprint density at radius 3 is 2.71 bits per heavy atom. The van der Waals surface area contributed by atoms with E-state index in [-0.39, 0.29) is 0 Å². The minimum atomic E-state index is 0.693. The summed E-state index contributed by atoms with van der Waals surface area (Å²) >= 11 is 0. The molecule has 1 heterocycles. The van der Waals surface area contributed by atoms with Gasteiger partial charge in [-0.2, -0.15) is 0 Å². The van der Waals surface area contributed by atoms with Gasteiger partial charge < -0.3 is 19.8 Å². The molecule has 1 aromatic carbocycles. The van der Waals surface area contributed by atoms with Gasteiger partial charge in [-0.25, -0.2) is 0 Å². The highest BCUT2D eigenvalue weighted by atomic mass is 16.5. The summed E-state index contributed by atoms with van der Waals surface area (Å²) in [6.07, 6.45) is 3.02. The van der Waals surface area contributed by atoms with Gasteiger partial charge >= 0.3 is 0 Å². The molecule has 17 heavy (non-hydrogen) atoms. The number of hydrogen-bond acceptors (Lipinski definition) is 3. The fourth-order valence-electron chi connectivity index (χ4n) is 2.00. The molecule has 0 atom stereocenters. The van der Waals surface area contributed by atoms with Gasteiger partial charge in [0, 0.05) is 24.2 Å². The van der Waals surface area contributed by atoms with E-state index in [2.05, 4.69) is 16.8 Å². The SMILES string of the molecule is COc1cc(OC)c2c(ccn2CCCN)c1. The Bertz CT molecular complexity index is 505. The number of rotatable bonds is 5. The lowest BCUT2D eigenvalue weighted by atomic mass is 10.2. The lowest BCUT2D eigenvalue weighted by molar-refractivity contribution is 0.396. The second-order valence-corrected chi connectivity index (χ2v) is 3.92. The number of aromatic nitrogens is 1. The molecule has 0 unspecified atom stereocenters. The maximum Gasteiger partial charge on any atom is 0.146 e. The first-order chi connectivity index (χ1) is 8.30. The van der Waals surface area contributed by atoms with Crippen LogP contribution in [0.4, 0.5) is 0 Å². The highest BCUT2D eigenvalue weighted by Crippen LogP contribution is 2.31. The van der Waals surface area contributed by atoms with Gasteiger partial charge in [0.2, 0.25) is 0 Å². The van der Waals surface area contributed by atoms with E-state index in [1.54, 1.807) is 14.2 Å².